The molecule has 0 radical (unpaired) electrons. The van der Waals surface area contributed by atoms with Crippen LogP contribution in [-0.4, -0.2) is 49.9 Å². The van der Waals surface area contributed by atoms with Crippen molar-refractivity contribution in [3.63, 3.8) is 0 Å². The molecule has 1 aromatic rings. The van der Waals surface area contributed by atoms with Crippen molar-refractivity contribution >= 4 is 31.9 Å². The minimum Gasteiger partial charge on any atom is -0.488 e. The van der Waals surface area contributed by atoms with Crippen molar-refractivity contribution in [2.24, 2.45) is 0 Å². The van der Waals surface area contributed by atoms with Crippen LogP contribution in [-0.2, 0) is 16.1 Å². The monoisotopic (exact) mass is 412 g/mol. The smallest absolute Gasteiger partial charge is 0.147 e. The van der Waals surface area contributed by atoms with Gasteiger partial charge in [-0.3, -0.25) is 0 Å². The van der Waals surface area contributed by atoms with Crippen LogP contribution in [0, 0.1) is 0 Å². The zero-order valence-electron chi connectivity index (χ0n) is 11.1. The molecule has 114 valence electrons. The lowest BCUT2D eigenvalue weighted by atomic mass is 10.2. The quantitative estimate of drug-likeness (QED) is 0.607. The maximum Gasteiger partial charge on any atom is 0.147 e. The van der Waals surface area contributed by atoms with Crippen molar-refractivity contribution in [1.82, 2.24) is 0 Å². The van der Waals surface area contributed by atoms with Crippen LogP contribution in [0.4, 0.5) is 0 Å². The first-order valence-corrected chi connectivity index (χ1v) is 7.63. The third-order valence-electron chi connectivity index (χ3n) is 2.40. The third kappa shape index (κ3) is 6.07. The van der Waals surface area contributed by atoms with Crippen LogP contribution in [0.15, 0.2) is 21.1 Å². The highest BCUT2D eigenvalue weighted by Crippen LogP contribution is 2.34. The number of hydrogen-bond acceptors (Lipinski definition) is 5. The highest BCUT2D eigenvalue weighted by Gasteiger charge is 2.12. The summed E-state index contributed by atoms with van der Waals surface area (Å²) in [7, 11) is 1.59. The van der Waals surface area contributed by atoms with E-state index in [2.05, 4.69) is 31.9 Å². The van der Waals surface area contributed by atoms with Crippen LogP contribution in [0.25, 0.3) is 0 Å². The number of benzene rings is 1. The lowest BCUT2D eigenvalue weighted by molar-refractivity contribution is -0.00440. The van der Waals surface area contributed by atoms with Gasteiger partial charge in [-0.1, -0.05) is 0 Å². The molecule has 20 heavy (non-hydrogen) atoms. The number of aliphatic hydroxyl groups is 2. The molecular formula is C13H18Br2O5. The largest absolute Gasteiger partial charge is 0.488 e. The predicted octanol–water partition coefficient (Wildman–Crippen LogP) is 2.11. The summed E-state index contributed by atoms with van der Waals surface area (Å²) in [4.78, 5) is 0. The molecule has 0 saturated carbocycles. The fourth-order valence-electron chi connectivity index (χ4n) is 1.43. The van der Waals surface area contributed by atoms with Gasteiger partial charge in [-0.25, -0.2) is 0 Å². The lowest BCUT2D eigenvalue weighted by Crippen LogP contribution is -2.24. The second kappa shape index (κ2) is 9.70. The number of halogens is 2. The molecule has 5 nitrogen and oxygen atoms in total. The fraction of sp³-hybridized carbons (Fsp3) is 0.538. The molecule has 1 atom stereocenters. The highest BCUT2D eigenvalue weighted by molar-refractivity contribution is 9.11. The molecule has 1 unspecified atom stereocenters. The maximum atomic E-state index is 9.73. The normalized spacial score (nSPS) is 12.4. The van der Waals surface area contributed by atoms with Crippen LogP contribution in [0.2, 0.25) is 0 Å². The molecule has 0 aliphatic carbocycles. The maximum absolute atomic E-state index is 9.73. The van der Waals surface area contributed by atoms with Gasteiger partial charge in [0, 0.05) is 7.11 Å². The number of hydrogen-bond donors (Lipinski definition) is 2. The Hall–Kier alpha value is -0.180. The van der Waals surface area contributed by atoms with E-state index in [1.807, 2.05) is 0 Å². The third-order valence-corrected chi connectivity index (χ3v) is 3.58. The molecule has 1 aromatic carbocycles. The van der Waals surface area contributed by atoms with Gasteiger partial charge in [-0.05, 0) is 49.6 Å². The van der Waals surface area contributed by atoms with E-state index in [0.717, 1.165) is 5.56 Å². The van der Waals surface area contributed by atoms with Gasteiger partial charge in [-0.15, -0.1) is 0 Å². The summed E-state index contributed by atoms with van der Waals surface area (Å²) >= 11 is 6.73. The topological polar surface area (TPSA) is 68.2 Å². The Balaban J connectivity index is 2.45. The molecule has 2 N–H and O–H groups in total. The zero-order chi connectivity index (χ0) is 15.0. The van der Waals surface area contributed by atoms with E-state index in [-0.39, 0.29) is 19.8 Å². The minimum absolute atomic E-state index is 0.0482. The molecular weight excluding hydrogens is 396 g/mol. The number of methoxy groups -OCH3 is 1. The molecule has 0 aliphatic rings. The summed E-state index contributed by atoms with van der Waals surface area (Å²) in [5.41, 5.74) is 0.763. The van der Waals surface area contributed by atoms with Gasteiger partial charge in [-0.2, -0.15) is 0 Å². The molecule has 0 bridgehead atoms. The zero-order valence-corrected chi connectivity index (χ0v) is 14.3. The van der Waals surface area contributed by atoms with Gasteiger partial charge in [0.25, 0.3) is 0 Å². The fourth-order valence-corrected chi connectivity index (χ4v) is 2.94. The first kappa shape index (κ1) is 17.9. The molecule has 0 amide bonds. The second-order valence-corrected chi connectivity index (χ2v) is 5.79. The minimum atomic E-state index is -0.719. The van der Waals surface area contributed by atoms with Crippen molar-refractivity contribution in [2.45, 2.75) is 12.7 Å². The van der Waals surface area contributed by atoms with Crippen molar-refractivity contribution < 1.29 is 24.4 Å². The van der Waals surface area contributed by atoms with Crippen LogP contribution < -0.4 is 4.74 Å². The summed E-state index contributed by atoms with van der Waals surface area (Å²) < 4.78 is 17.0. The average molecular weight is 414 g/mol. The Morgan fingerprint density at radius 2 is 1.80 bits per heavy atom. The van der Waals surface area contributed by atoms with E-state index in [1.165, 1.54) is 0 Å². The summed E-state index contributed by atoms with van der Waals surface area (Å²) in [5.74, 6) is 0.582. The van der Waals surface area contributed by atoms with Crippen molar-refractivity contribution in [1.29, 1.82) is 0 Å². The summed E-state index contributed by atoms with van der Waals surface area (Å²) in [6, 6.07) is 3.53. The summed E-state index contributed by atoms with van der Waals surface area (Å²) in [6.45, 7) is 1.18. The van der Waals surface area contributed by atoms with Gasteiger partial charge < -0.3 is 24.4 Å². The molecule has 0 heterocycles. The van der Waals surface area contributed by atoms with Crippen LogP contribution in [0.3, 0.4) is 0 Å². The van der Waals surface area contributed by atoms with Crippen molar-refractivity contribution in [3.05, 3.63) is 26.6 Å². The molecule has 7 heteroatoms. The number of rotatable bonds is 9. The molecule has 1 rings (SSSR count). The number of aliphatic hydroxyl groups excluding tert-OH is 2. The Kier molecular flexibility index (Phi) is 8.67. The first-order chi connectivity index (χ1) is 9.58. The SMILES string of the molecule is COCCOCC(O)COc1c(Br)cc(CO)cc1Br. The molecule has 0 fully saturated rings. The van der Waals surface area contributed by atoms with Crippen LogP contribution >= 0.6 is 31.9 Å². The standard InChI is InChI=1S/C13H18Br2O5/c1-18-2-3-19-7-10(17)8-20-13-11(14)4-9(6-16)5-12(13)15/h4-5,10,16-17H,2-3,6-8H2,1H3. The van der Waals surface area contributed by atoms with E-state index in [9.17, 15) is 5.11 Å². The highest BCUT2D eigenvalue weighted by atomic mass is 79.9. The van der Waals surface area contributed by atoms with Gasteiger partial charge in [0.15, 0.2) is 0 Å². The van der Waals surface area contributed by atoms with Crippen molar-refractivity contribution in [2.75, 3.05) is 33.5 Å². The summed E-state index contributed by atoms with van der Waals surface area (Å²) in [5, 5.41) is 18.8. The summed E-state index contributed by atoms with van der Waals surface area (Å²) in [6.07, 6.45) is -0.719. The number of ether oxygens (including phenoxy) is 3. The van der Waals surface area contributed by atoms with Gasteiger partial charge in [0.1, 0.15) is 18.5 Å². The predicted molar refractivity (Wildman–Crippen MR) is 82.0 cm³/mol. The second-order valence-electron chi connectivity index (χ2n) is 4.08. The van der Waals surface area contributed by atoms with E-state index in [1.54, 1.807) is 19.2 Å². The average Bonchev–Trinajstić information content (AvgIpc) is 2.42. The van der Waals surface area contributed by atoms with E-state index < -0.39 is 6.10 Å². The van der Waals surface area contributed by atoms with Gasteiger partial charge >= 0.3 is 0 Å². The molecule has 0 saturated heterocycles. The first-order valence-electron chi connectivity index (χ1n) is 6.04. The van der Waals surface area contributed by atoms with E-state index in [4.69, 9.17) is 19.3 Å². The Labute approximate surface area is 135 Å². The van der Waals surface area contributed by atoms with Crippen molar-refractivity contribution in [3.8, 4) is 5.75 Å². The Morgan fingerprint density at radius 1 is 1.15 bits per heavy atom. The van der Waals surface area contributed by atoms with Gasteiger partial charge in [0.05, 0.1) is 35.4 Å². The Morgan fingerprint density at radius 3 is 2.35 bits per heavy atom. The Bertz CT molecular complexity index is 391. The van der Waals surface area contributed by atoms with E-state index in [0.29, 0.717) is 27.9 Å². The lowest BCUT2D eigenvalue weighted by Gasteiger charge is -2.15. The van der Waals surface area contributed by atoms with Crippen LogP contribution in [0.1, 0.15) is 5.56 Å². The van der Waals surface area contributed by atoms with Gasteiger partial charge in [0.2, 0.25) is 0 Å². The van der Waals surface area contributed by atoms with Crippen LogP contribution in [0.5, 0.6) is 5.75 Å². The molecule has 0 spiro atoms. The van der Waals surface area contributed by atoms with E-state index >= 15 is 0 Å². The molecule has 0 aliphatic heterocycles. The molecule has 0 aromatic heterocycles.